The molecule has 1 aliphatic heterocycles. The SMILES string of the molecule is O=C(CCC(F)(F)F)N1CCC(CBr)CC1. The van der Waals surface area contributed by atoms with Crippen molar-refractivity contribution in [3.8, 4) is 0 Å². The van der Waals surface area contributed by atoms with Crippen LogP contribution in [0.15, 0.2) is 0 Å². The van der Waals surface area contributed by atoms with Crippen molar-refractivity contribution in [1.82, 2.24) is 4.90 Å². The third-order valence-corrected chi connectivity index (χ3v) is 3.72. The molecule has 94 valence electrons. The molecule has 0 spiro atoms. The van der Waals surface area contributed by atoms with Crippen LogP contribution in [0, 0.1) is 5.92 Å². The van der Waals surface area contributed by atoms with Crippen LogP contribution in [0.3, 0.4) is 0 Å². The summed E-state index contributed by atoms with van der Waals surface area (Å²) < 4.78 is 35.8. The molecular weight excluding hydrogens is 287 g/mol. The van der Waals surface area contributed by atoms with Gasteiger partial charge in [0, 0.05) is 24.8 Å². The molecular formula is C10H15BrF3NO. The summed E-state index contributed by atoms with van der Waals surface area (Å²) in [6, 6.07) is 0. The lowest BCUT2D eigenvalue weighted by atomic mass is 9.99. The van der Waals surface area contributed by atoms with E-state index in [1.54, 1.807) is 4.90 Å². The standard InChI is InChI=1S/C10H15BrF3NO/c11-7-8-2-5-15(6-3-8)9(16)1-4-10(12,13)14/h8H,1-7H2. The Bertz CT molecular complexity index is 237. The van der Waals surface area contributed by atoms with Crippen LogP contribution in [0.2, 0.25) is 0 Å². The average Bonchev–Trinajstić information content (AvgIpc) is 2.25. The van der Waals surface area contributed by atoms with E-state index in [2.05, 4.69) is 15.9 Å². The average molecular weight is 302 g/mol. The van der Waals surface area contributed by atoms with Gasteiger partial charge in [-0.25, -0.2) is 0 Å². The van der Waals surface area contributed by atoms with Crippen molar-refractivity contribution in [2.45, 2.75) is 31.9 Å². The number of alkyl halides is 4. The van der Waals surface area contributed by atoms with Crippen LogP contribution in [0.1, 0.15) is 25.7 Å². The van der Waals surface area contributed by atoms with E-state index in [0.717, 1.165) is 18.2 Å². The van der Waals surface area contributed by atoms with Gasteiger partial charge in [0.25, 0.3) is 0 Å². The molecule has 16 heavy (non-hydrogen) atoms. The van der Waals surface area contributed by atoms with Gasteiger partial charge in [0.15, 0.2) is 0 Å². The zero-order valence-electron chi connectivity index (χ0n) is 8.89. The third-order valence-electron chi connectivity index (χ3n) is 2.81. The largest absolute Gasteiger partial charge is 0.389 e. The Labute approximate surface area is 101 Å². The van der Waals surface area contributed by atoms with E-state index >= 15 is 0 Å². The number of likely N-dealkylation sites (tertiary alicyclic amines) is 1. The first-order valence-electron chi connectivity index (χ1n) is 5.33. The van der Waals surface area contributed by atoms with Crippen molar-refractivity contribution < 1.29 is 18.0 Å². The Morgan fingerprint density at radius 3 is 2.31 bits per heavy atom. The number of carbonyl (C=O) groups is 1. The van der Waals surface area contributed by atoms with Gasteiger partial charge in [-0.2, -0.15) is 13.2 Å². The van der Waals surface area contributed by atoms with Gasteiger partial charge in [0.1, 0.15) is 0 Å². The number of hydrogen-bond acceptors (Lipinski definition) is 1. The number of piperidine rings is 1. The summed E-state index contributed by atoms with van der Waals surface area (Å²) in [6.07, 6.45) is -3.90. The number of amides is 1. The Morgan fingerprint density at radius 1 is 1.31 bits per heavy atom. The number of hydrogen-bond donors (Lipinski definition) is 0. The first kappa shape index (κ1) is 13.8. The molecule has 1 fully saturated rings. The van der Waals surface area contributed by atoms with E-state index < -0.39 is 19.0 Å². The lowest BCUT2D eigenvalue weighted by Crippen LogP contribution is -2.39. The number of halogens is 4. The Balaban J connectivity index is 2.28. The zero-order valence-corrected chi connectivity index (χ0v) is 10.5. The lowest BCUT2D eigenvalue weighted by molar-refractivity contribution is -0.149. The van der Waals surface area contributed by atoms with Gasteiger partial charge in [-0.1, -0.05) is 15.9 Å². The van der Waals surface area contributed by atoms with Gasteiger partial charge in [0.2, 0.25) is 5.91 Å². The van der Waals surface area contributed by atoms with Gasteiger partial charge in [-0.3, -0.25) is 4.79 Å². The summed E-state index contributed by atoms with van der Waals surface area (Å²) in [4.78, 5) is 13.0. The first-order valence-corrected chi connectivity index (χ1v) is 6.45. The predicted octanol–water partition coefficient (Wildman–Crippen LogP) is 2.96. The van der Waals surface area contributed by atoms with Gasteiger partial charge in [-0.05, 0) is 18.8 Å². The Morgan fingerprint density at radius 2 is 1.88 bits per heavy atom. The molecule has 0 aromatic carbocycles. The zero-order chi connectivity index (χ0) is 12.2. The van der Waals surface area contributed by atoms with Crippen molar-refractivity contribution in [1.29, 1.82) is 0 Å². The van der Waals surface area contributed by atoms with Gasteiger partial charge >= 0.3 is 6.18 Å². The molecule has 1 saturated heterocycles. The maximum Gasteiger partial charge on any atom is 0.389 e. The fraction of sp³-hybridized carbons (Fsp3) is 0.900. The molecule has 1 heterocycles. The number of nitrogens with zero attached hydrogens (tertiary/aromatic N) is 1. The van der Waals surface area contributed by atoms with Gasteiger partial charge < -0.3 is 4.90 Å². The van der Waals surface area contributed by atoms with E-state index in [0.29, 0.717) is 19.0 Å². The highest BCUT2D eigenvalue weighted by atomic mass is 79.9. The molecule has 0 unspecified atom stereocenters. The minimum atomic E-state index is -4.23. The molecule has 0 bridgehead atoms. The maximum absolute atomic E-state index is 11.9. The van der Waals surface area contributed by atoms with Gasteiger partial charge in [-0.15, -0.1) is 0 Å². The van der Waals surface area contributed by atoms with Crippen molar-refractivity contribution in [3.63, 3.8) is 0 Å². The highest BCUT2D eigenvalue weighted by Gasteiger charge is 2.30. The molecule has 0 aromatic heterocycles. The van der Waals surface area contributed by atoms with Crippen LogP contribution in [0.25, 0.3) is 0 Å². The molecule has 1 aliphatic rings. The molecule has 1 amide bonds. The molecule has 6 heteroatoms. The first-order chi connectivity index (χ1) is 7.42. The second kappa shape index (κ2) is 5.89. The summed E-state index contributed by atoms with van der Waals surface area (Å²) in [7, 11) is 0. The van der Waals surface area contributed by atoms with Crippen LogP contribution in [0.4, 0.5) is 13.2 Å². The normalized spacial score (nSPS) is 18.9. The van der Waals surface area contributed by atoms with Crippen LogP contribution < -0.4 is 0 Å². The van der Waals surface area contributed by atoms with Crippen molar-refractivity contribution in [2.24, 2.45) is 5.92 Å². The molecule has 0 saturated carbocycles. The Hall–Kier alpha value is -0.260. The molecule has 0 atom stereocenters. The highest BCUT2D eigenvalue weighted by molar-refractivity contribution is 9.09. The van der Waals surface area contributed by atoms with Crippen LogP contribution in [-0.2, 0) is 4.79 Å². The van der Waals surface area contributed by atoms with Crippen molar-refractivity contribution in [2.75, 3.05) is 18.4 Å². The van der Waals surface area contributed by atoms with Crippen molar-refractivity contribution >= 4 is 21.8 Å². The summed E-state index contributed by atoms with van der Waals surface area (Å²) in [5, 5.41) is 0.900. The molecule has 0 aliphatic carbocycles. The lowest BCUT2D eigenvalue weighted by Gasteiger charge is -2.31. The molecule has 0 radical (unpaired) electrons. The van der Waals surface area contributed by atoms with Crippen molar-refractivity contribution in [3.05, 3.63) is 0 Å². The van der Waals surface area contributed by atoms with E-state index in [9.17, 15) is 18.0 Å². The van der Waals surface area contributed by atoms with E-state index in [1.807, 2.05) is 0 Å². The second-order valence-corrected chi connectivity index (χ2v) is 4.74. The summed E-state index contributed by atoms with van der Waals surface area (Å²) in [6.45, 7) is 1.18. The molecule has 0 N–H and O–H groups in total. The highest BCUT2D eigenvalue weighted by Crippen LogP contribution is 2.24. The quantitative estimate of drug-likeness (QED) is 0.734. The molecule has 1 rings (SSSR count). The maximum atomic E-state index is 11.9. The minimum Gasteiger partial charge on any atom is -0.343 e. The topological polar surface area (TPSA) is 20.3 Å². The third kappa shape index (κ3) is 4.72. The summed E-state index contributed by atoms with van der Waals surface area (Å²) in [5.41, 5.74) is 0. The fourth-order valence-corrected chi connectivity index (χ4v) is 2.39. The Kier molecular flexibility index (Phi) is 5.08. The fourth-order valence-electron chi connectivity index (χ4n) is 1.74. The van der Waals surface area contributed by atoms with Crippen LogP contribution >= 0.6 is 15.9 Å². The van der Waals surface area contributed by atoms with E-state index in [1.165, 1.54) is 0 Å². The predicted molar refractivity (Wildman–Crippen MR) is 58.4 cm³/mol. The van der Waals surface area contributed by atoms with E-state index in [-0.39, 0.29) is 5.91 Å². The summed E-state index contributed by atoms with van der Waals surface area (Å²) in [5.74, 6) is 0.178. The van der Waals surface area contributed by atoms with E-state index in [4.69, 9.17) is 0 Å². The minimum absolute atomic E-state index is 0.370. The molecule has 0 aromatic rings. The van der Waals surface area contributed by atoms with Crippen LogP contribution in [0.5, 0.6) is 0 Å². The number of rotatable bonds is 3. The second-order valence-electron chi connectivity index (χ2n) is 4.09. The summed E-state index contributed by atoms with van der Waals surface area (Å²) >= 11 is 3.37. The smallest absolute Gasteiger partial charge is 0.343 e. The molecule has 2 nitrogen and oxygen atoms in total. The van der Waals surface area contributed by atoms with Crippen LogP contribution in [-0.4, -0.2) is 35.4 Å². The number of carbonyl (C=O) groups excluding carboxylic acids is 1. The van der Waals surface area contributed by atoms with Gasteiger partial charge in [0.05, 0.1) is 6.42 Å². The monoisotopic (exact) mass is 301 g/mol.